The highest BCUT2D eigenvalue weighted by Crippen LogP contribution is 2.28. The number of amides is 1. The van der Waals surface area contributed by atoms with Crippen molar-refractivity contribution in [1.82, 2.24) is 19.8 Å². The Balaban J connectivity index is 1.52. The zero-order chi connectivity index (χ0) is 20.4. The highest BCUT2D eigenvalue weighted by molar-refractivity contribution is 5.79. The van der Waals surface area contributed by atoms with Crippen LogP contribution in [0.1, 0.15) is 29.6 Å². The maximum Gasteiger partial charge on any atom is 0.227 e. The summed E-state index contributed by atoms with van der Waals surface area (Å²) in [6.07, 6.45) is 1.03. The fraction of sp³-hybridized carbons (Fsp3) is 0.500. The van der Waals surface area contributed by atoms with Crippen molar-refractivity contribution in [3.63, 3.8) is 0 Å². The third-order valence-electron chi connectivity index (χ3n) is 5.89. The molecule has 4 rings (SSSR count). The second-order valence-corrected chi connectivity index (χ2v) is 7.81. The lowest BCUT2D eigenvalue weighted by Gasteiger charge is -2.37. The van der Waals surface area contributed by atoms with Gasteiger partial charge in [0.25, 0.3) is 0 Å². The Kier molecular flexibility index (Phi) is 5.76. The lowest BCUT2D eigenvalue weighted by atomic mass is 10.0. The maximum atomic E-state index is 13.1. The summed E-state index contributed by atoms with van der Waals surface area (Å²) >= 11 is 0. The number of hydrogen-bond donors (Lipinski definition) is 0. The lowest BCUT2D eigenvalue weighted by Crippen LogP contribution is -2.47. The summed E-state index contributed by atoms with van der Waals surface area (Å²) < 4.78 is 13.1. The molecule has 0 N–H and O–H groups in total. The number of benzene rings is 1. The van der Waals surface area contributed by atoms with Crippen LogP contribution in [0, 0.1) is 12.7 Å². The van der Waals surface area contributed by atoms with Crippen LogP contribution in [0.3, 0.4) is 0 Å². The number of aryl methyl sites for hydroxylation is 1. The smallest absolute Gasteiger partial charge is 0.227 e. The predicted molar refractivity (Wildman–Crippen MR) is 110 cm³/mol. The molecule has 1 saturated heterocycles. The van der Waals surface area contributed by atoms with Crippen molar-refractivity contribution < 1.29 is 9.18 Å². The quantitative estimate of drug-likeness (QED) is 0.792. The van der Waals surface area contributed by atoms with Crippen LogP contribution in [0.15, 0.2) is 24.3 Å². The summed E-state index contributed by atoms with van der Waals surface area (Å²) in [6.45, 7) is 10.4. The van der Waals surface area contributed by atoms with Gasteiger partial charge in [-0.05, 0) is 31.2 Å². The first-order chi connectivity index (χ1) is 14.0. The summed E-state index contributed by atoms with van der Waals surface area (Å²) in [7, 11) is 0. The minimum absolute atomic E-state index is 0.0598. The molecule has 154 valence electrons. The van der Waals surface area contributed by atoms with Gasteiger partial charge in [-0.25, -0.2) is 14.4 Å². The molecule has 3 heterocycles. The highest BCUT2D eigenvalue weighted by Gasteiger charge is 2.28. The van der Waals surface area contributed by atoms with Gasteiger partial charge in [0.2, 0.25) is 5.91 Å². The molecular weight excluding hydrogens is 369 g/mol. The van der Waals surface area contributed by atoms with Crippen LogP contribution in [0.2, 0.25) is 0 Å². The molecule has 0 unspecified atom stereocenters. The molecule has 7 heteroatoms. The monoisotopic (exact) mass is 397 g/mol. The molecule has 0 bridgehead atoms. The fourth-order valence-electron chi connectivity index (χ4n) is 4.16. The number of hydrogen-bond acceptors (Lipinski definition) is 5. The van der Waals surface area contributed by atoms with E-state index in [2.05, 4.69) is 21.7 Å². The second kappa shape index (κ2) is 8.45. The van der Waals surface area contributed by atoms with E-state index in [1.165, 1.54) is 12.1 Å². The normalized spacial score (nSPS) is 17.3. The molecular formula is C22H28FN5O. The van der Waals surface area contributed by atoms with Crippen molar-refractivity contribution >= 4 is 11.7 Å². The molecule has 0 atom stereocenters. The molecule has 1 fully saturated rings. The molecule has 0 spiro atoms. The molecule has 1 aromatic carbocycles. The largest absolute Gasteiger partial charge is 0.354 e. The Morgan fingerprint density at radius 1 is 1.07 bits per heavy atom. The van der Waals surface area contributed by atoms with Crippen molar-refractivity contribution in [3.8, 4) is 0 Å². The predicted octanol–water partition coefficient (Wildman–Crippen LogP) is 2.19. The number of piperazine rings is 1. The standard InChI is InChI=1S/C22H28FN5O/c1-3-26-10-12-27(13-11-26)22-19-15-28(9-8-20(19)24-16(2)25-22)21(29)14-17-4-6-18(23)7-5-17/h4-7H,3,8-15H2,1-2H3. The van der Waals surface area contributed by atoms with Gasteiger partial charge < -0.3 is 14.7 Å². The summed E-state index contributed by atoms with van der Waals surface area (Å²) in [4.78, 5) is 29.0. The third kappa shape index (κ3) is 4.40. The van der Waals surface area contributed by atoms with E-state index in [1.807, 2.05) is 11.8 Å². The molecule has 0 saturated carbocycles. The van der Waals surface area contributed by atoms with E-state index in [-0.39, 0.29) is 18.1 Å². The number of nitrogens with zero attached hydrogens (tertiary/aromatic N) is 5. The van der Waals surface area contributed by atoms with Crippen molar-refractivity contribution in [1.29, 1.82) is 0 Å². The SMILES string of the molecule is CCN1CCN(c2nc(C)nc3c2CN(C(=O)Cc2ccc(F)cc2)CC3)CC1. The first-order valence-electron chi connectivity index (χ1n) is 10.4. The minimum atomic E-state index is -0.284. The van der Waals surface area contributed by atoms with Crippen LogP contribution in [0.5, 0.6) is 0 Å². The van der Waals surface area contributed by atoms with Crippen LogP contribution in [-0.4, -0.2) is 64.9 Å². The molecule has 2 aliphatic rings. The van der Waals surface area contributed by atoms with Gasteiger partial charge in [0.1, 0.15) is 17.5 Å². The van der Waals surface area contributed by atoms with E-state index >= 15 is 0 Å². The lowest BCUT2D eigenvalue weighted by molar-refractivity contribution is -0.131. The van der Waals surface area contributed by atoms with Crippen molar-refractivity contribution in [2.75, 3.05) is 44.2 Å². The molecule has 0 aliphatic carbocycles. The molecule has 6 nitrogen and oxygen atoms in total. The zero-order valence-electron chi connectivity index (χ0n) is 17.2. The number of carbonyl (C=O) groups excluding carboxylic acids is 1. The first-order valence-corrected chi connectivity index (χ1v) is 10.4. The summed E-state index contributed by atoms with van der Waals surface area (Å²) in [5.74, 6) is 1.56. The average Bonchev–Trinajstić information content (AvgIpc) is 2.74. The van der Waals surface area contributed by atoms with Crippen LogP contribution in [0.25, 0.3) is 0 Å². The summed E-state index contributed by atoms with van der Waals surface area (Å²) in [5.41, 5.74) is 2.98. The van der Waals surface area contributed by atoms with E-state index < -0.39 is 0 Å². The summed E-state index contributed by atoms with van der Waals surface area (Å²) in [6, 6.07) is 6.16. The number of likely N-dealkylation sites (N-methyl/N-ethyl adjacent to an activating group) is 1. The number of anilines is 1. The van der Waals surface area contributed by atoms with Crippen LogP contribution in [0.4, 0.5) is 10.2 Å². The molecule has 0 radical (unpaired) electrons. The molecule has 1 amide bonds. The topological polar surface area (TPSA) is 52.6 Å². The van der Waals surface area contributed by atoms with Crippen LogP contribution < -0.4 is 4.90 Å². The molecule has 2 aromatic rings. The Hall–Kier alpha value is -2.54. The van der Waals surface area contributed by atoms with Gasteiger partial charge in [0.15, 0.2) is 0 Å². The summed E-state index contributed by atoms with van der Waals surface area (Å²) in [5, 5.41) is 0. The Morgan fingerprint density at radius 2 is 1.79 bits per heavy atom. The van der Waals surface area contributed by atoms with Crippen LogP contribution >= 0.6 is 0 Å². The molecule has 29 heavy (non-hydrogen) atoms. The number of fused-ring (bicyclic) bond motifs is 1. The van der Waals surface area contributed by atoms with Gasteiger partial charge >= 0.3 is 0 Å². The number of aromatic nitrogens is 2. The maximum absolute atomic E-state index is 13.1. The average molecular weight is 397 g/mol. The van der Waals surface area contributed by atoms with Crippen molar-refractivity contribution in [2.24, 2.45) is 0 Å². The van der Waals surface area contributed by atoms with Gasteiger partial charge in [-0.15, -0.1) is 0 Å². The Labute approximate surface area is 171 Å². The highest BCUT2D eigenvalue weighted by atomic mass is 19.1. The van der Waals surface area contributed by atoms with E-state index in [0.29, 0.717) is 13.1 Å². The minimum Gasteiger partial charge on any atom is -0.354 e. The zero-order valence-corrected chi connectivity index (χ0v) is 17.2. The molecule has 1 aromatic heterocycles. The molecule has 2 aliphatic heterocycles. The van der Waals surface area contributed by atoms with Gasteiger partial charge in [-0.2, -0.15) is 0 Å². The third-order valence-corrected chi connectivity index (χ3v) is 5.89. The van der Waals surface area contributed by atoms with E-state index in [1.54, 1.807) is 12.1 Å². The van der Waals surface area contributed by atoms with E-state index in [4.69, 9.17) is 4.98 Å². The van der Waals surface area contributed by atoms with E-state index in [0.717, 1.165) is 67.6 Å². The Bertz CT molecular complexity index is 878. The van der Waals surface area contributed by atoms with Crippen molar-refractivity contribution in [3.05, 3.63) is 52.7 Å². The number of carbonyl (C=O) groups is 1. The Morgan fingerprint density at radius 3 is 2.48 bits per heavy atom. The van der Waals surface area contributed by atoms with Gasteiger partial charge in [0, 0.05) is 44.7 Å². The van der Waals surface area contributed by atoms with Crippen LogP contribution in [-0.2, 0) is 24.2 Å². The van der Waals surface area contributed by atoms with Crippen molar-refractivity contribution in [2.45, 2.75) is 33.2 Å². The number of rotatable bonds is 4. The van der Waals surface area contributed by atoms with Gasteiger partial charge in [0.05, 0.1) is 18.7 Å². The van der Waals surface area contributed by atoms with Gasteiger partial charge in [-0.3, -0.25) is 4.79 Å². The van der Waals surface area contributed by atoms with Gasteiger partial charge in [-0.1, -0.05) is 19.1 Å². The number of halogens is 1. The fourth-order valence-corrected chi connectivity index (χ4v) is 4.16. The first kappa shape index (κ1) is 19.8. The van der Waals surface area contributed by atoms with E-state index in [9.17, 15) is 9.18 Å². The second-order valence-electron chi connectivity index (χ2n) is 7.81.